The molecule has 2 saturated carbocycles. The molecule has 0 radical (unpaired) electrons. The van der Waals surface area contributed by atoms with Gasteiger partial charge in [0.15, 0.2) is 0 Å². The Kier molecular flexibility index (Phi) is 5.53. The highest BCUT2D eigenvalue weighted by molar-refractivity contribution is 7.99. The van der Waals surface area contributed by atoms with Crippen LogP contribution in [0.15, 0.2) is 5.16 Å². The van der Waals surface area contributed by atoms with Gasteiger partial charge in [-0.1, -0.05) is 11.8 Å². The smallest absolute Gasteiger partial charge is 0.327 e. The van der Waals surface area contributed by atoms with Crippen LogP contribution in [0.25, 0.3) is 0 Å². The number of nitrogens with zero attached hydrogens (tertiary/aromatic N) is 2. The summed E-state index contributed by atoms with van der Waals surface area (Å²) < 4.78 is 11.4. The molecule has 3 rings (SSSR count). The maximum absolute atomic E-state index is 13.2. The first-order chi connectivity index (χ1) is 13.3. The summed E-state index contributed by atoms with van der Waals surface area (Å²) in [7, 11) is 1.76. The van der Waals surface area contributed by atoms with Crippen LogP contribution in [0.3, 0.4) is 0 Å². The minimum atomic E-state index is -0.928. The maximum Gasteiger partial charge on any atom is 0.327 e. The topological polar surface area (TPSA) is 106 Å². The van der Waals surface area contributed by atoms with E-state index >= 15 is 0 Å². The third-order valence-corrected chi connectivity index (χ3v) is 6.50. The lowest BCUT2D eigenvalue weighted by Gasteiger charge is -2.34. The summed E-state index contributed by atoms with van der Waals surface area (Å²) in [5.74, 6) is -0.354. The van der Waals surface area contributed by atoms with Gasteiger partial charge >= 0.3 is 11.9 Å². The standard InChI is InChI=1S/C20H32N4O4S/c1-10-22-17(24-23-10)29-11-9-20(21-8,16(26)28-19(5,6)7)14-12(11)13(14)15(25)27-18(2,3)4/h11-14,21H,9H2,1-8H3,(H,22,23,24)/t11?,12?,13?,14?,20-/m0/s1. The Morgan fingerprint density at radius 3 is 2.28 bits per heavy atom. The van der Waals surface area contributed by atoms with Gasteiger partial charge in [0.2, 0.25) is 5.16 Å². The fraction of sp³-hybridized carbons (Fsp3) is 0.800. The zero-order chi connectivity index (χ0) is 21.8. The van der Waals surface area contributed by atoms with E-state index in [1.807, 2.05) is 48.5 Å². The van der Waals surface area contributed by atoms with Crippen LogP contribution in [0.4, 0.5) is 0 Å². The second-order valence-electron chi connectivity index (χ2n) is 9.95. The summed E-state index contributed by atoms with van der Waals surface area (Å²) in [6.45, 7) is 12.9. The van der Waals surface area contributed by atoms with Gasteiger partial charge in [0.05, 0.1) is 5.92 Å². The molecular formula is C20H32N4O4S. The SMILES string of the molecule is CN[C@@]1(C(=O)OC(C)(C)C)CC(Sc2n[nH]c(C)n2)C2C(C(=O)OC(C)(C)C)C21. The Balaban J connectivity index is 1.88. The summed E-state index contributed by atoms with van der Waals surface area (Å²) in [5.41, 5.74) is -2.12. The normalized spacial score (nSPS) is 31.3. The van der Waals surface area contributed by atoms with Gasteiger partial charge in [0.25, 0.3) is 0 Å². The Morgan fingerprint density at radius 1 is 1.17 bits per heavy atom. The number of likely N-dealkylation sites (N-methyl/N-ethyl adjacent to an activating group) is 1. The number of fused-ring (bicyclic) bond motifs is 1. The van der Waals surface area contributed by atoms with E-state index in [9.17, 15) is 9.59 Å². The molecule has 0 aromatic carbocycles. The highest BCUT2D eigenvalue weighted by atomic mass is 32.2. The van der Waals surface area contributed by atoms with Crippen LogP contribution in [0.5, 0.6) is 0 Å². The van der Waals surface area contributed by atoms with Crippen molar-refractivity contribution in [3.8, 4) is 0 Å². The lowest BCUT2D eigenvalue weighted by molar-refractivity contribution is -0.165. The van der Waals surface area contributed by atoms with Crippen molar-refractivity contribution >= 4 is 23.7 Å². The molecule has 1 heterocycles. The number of esters is 2. The number of hydrogen-bond donors (Lipinski definition) is 2. The Morgan fingerprint density at radius 2 is 1.79 bits per heavy atom. The molecule has 0 saturated heterocycles. The van der Waals surface area contributed by atoms with Gasteiger partial charge in [-0.3, -0.25) is 14.7 Å². The summed E-state index contributed by atoms with van der Waals surface area (Å²) in [4.78, 5) is 30.5. The van der Waals surface area contributed by atoms with Crippen LogP contribution in [0.1, 0.15) is 53.8 Å². The number of carbonyl (C=O) groups excluding carboxylic acids is 2. The van der Waals surface area contributed by atoms with E-state index in [0.717, 1.165) is 5.82 Å². The molecule has 162 valence electrons. The zero-order valence-electron chi connectivity index (χ0n) is 18.5. The first-order valence-electron chi connectivity index (χ1n) is 9.98. The van der Waals surface area contributed by atoms with Gasteiger partial charge in [-0.2, -0.15) is 0 Å². The van der Waals surface area contributed by atoms with E-state index in [-0.39, 0.29) is 34.9 Å². The van der Waals surface area contributed by atoms with E-state index in [2.05, 4.69) is 20.5 Å². The lowest BCUT2D eigenvalue weighted by atomic mass is 9.90. The molecule has 2 fully saturated rings. The van der Waals surface area contributed by atoms with Gasteiger partial charge in [-0.05, 0) is 67.9 Å². The minimum absolute atomic E-state index is 0.00712. The summed E-state index contributed by atoms with van der Waals surface area (Å²) in [6, 6.07) is 0. The largest absolute Gasteiger partial charge is 0.460 e. The van der Waals surface area contributed by atoms with E-state index in [1.54, 1.807) is 7.05 Å². The van der Waals surface area contributed by atoms with Gasteiger partial charge < -0.3 is 14.8 Å². The number of hydrogen-bond acceptors (Lipinski definition) is 8. The summed E-state index contributed by atoms with van der Waals surface area (Å²) >= 11 is 1.50. The van der Waals surface area contributed by atoms with Crippen molar-refractivity contribution in [3.05, 3.63) is 5.82 Å². The van der Waals surface area contributed by atoms with Crippen molar-refractivity contribution in [1.29, 1.82) is 0 Å². The number of carbonyl (C=O) groups is 2. The molecule has 0 spiro atoms. The fourth-order valence-electron chi connectivity index (χ4n) is 4.28. The number of thioether (sulfide) groups is 1. The molecule has 4 unspecified atom stereocenters. The summed E-state index contributed by atoms with van der Waals surface area (Å²) in [5, 5.41) is 10.9. The third-order valence-electron chi connectivity index (χ3n) is 5.32. The van der Waals surface area contributed by atoms with Crippen molar-refractivity contribution in [3.63, 3.8) is 0 Å². The monoisotopic (exact) mass is 424 g/mol. The lowest BCUT2D eigenvalue weighted by Crippen LogP contribution is -2.55. The summed E-state index contributed by atoms with van der Waals surface area (Å²) in [6.07, 6.45) is 0.547. The average molecular weight is 425 g/mol. The van der Waals surface area contributed by atoms with Crippen LogP contribution < -0.4 is 5.32 Å². The highest BCUT2D eigenvalue weighted by Gasteiger charge is 2.75. The molecule has 2 N–H and O–H groups in total. The molecular weight excluding hydrogens is 392 g/mol. The van der Waals surface area contributed by atoms with Crippen LogP contribution in [0.2, 0.25) is 0 Å². The average Bonchev–Trinajstić information content (AvgIpc) is 3.04. The quantitative estimate of drug-likeness (QED) is 0.695. The number of aromatic nitrogens is 3. The van der Waals surface area contributed by atoms with E-state index in [0.29, 0.717) is 11.6 Å². The predicted molar refractivity (Wildman–Crippen MR) is 109 cm³/mol. The van der Waals surface area contributed by atoms with Crippen molar-refractivity contribution in [1.82, 2.24) is 20.5 Å². The molecule has 8 nitrogen and oxygen atoms in total. The molecule has 1 aromatic rings. The number of ether oxygens (including phenoxy) is 2. The van der Waals surface area contributed by atoms with Crippen LogP contribution >= 0.6 is 11.8 Å². The van der Waals surface area contributed by atoms with Crippen LogP contribution in [0, 0.1) is 24.7 Å². The van der Waals surface area contributed by atoms with Crippen molar-refractivity contribution in [2.75, 3.05) is 7.05 Å². The van der Waals surface area contributed by atoms with Crippen molar-refractivity contribution in [2.24, 2.45) is 17.8 Å². The number of rotatable bonds is 5. The molecule has 0 aliphatic heterocycles. The van der Waals surface area contributed by atoms with Gasteiger partial charge in [-0.15, -0.1) is 5.10 Å². The van der Waals surface area contributed by atoms with Crippen molar-refractivity contribution < 1.29 is 19.1 Å². The first kappa shape index (κ1) is 22.1. The zero-order valence-corrected chi connectivity index (χ0v) is 19.3. The number of aryl methyl sites for hydroxylation is 1. The number of H-pyrrole nitrogens is 1. The molecule has 2 aliphatic rings. The Labute approximate surface area is 176 Å². The van der Waals surface area contributed by atoms with Gasteiger partial charge in [-0.25, -0.2) is 4.98 Å². The predicted octanol–water partition coefficient (Wildman–Crippen LogP) is 2.48. The van der Waals surface area contributed by atoms with Crippen LogP contribution in [-0.2, 0) is 19.1 Å². The maximum atomic E-state index is 13.2. The third kappa shape index (κ3) is 4.45. The molecule has 0 amide bonds. The number of nitrogens with one attached hydrogen (secondary N) is 2. The second kappa shape index (κ2) is 7.27. The Hall–Kier alpha value is -1.61. The van der Waals surface area contributed by atoms with Crippen molar-refractivity contribution in [2.45, 2.75) is 82.0 Å². The van der Waals surface area contributed by atoms with Gasteiger partial charge in [0.1, 0.15) is 22.6 Å². The first-order valence-corrected chi connectivity index (χ1v) is 10.9. The van der Waals surface area contributed by atoms with E-state index < -0.39 is 16.7 Å². The van der Waals surface area contributed by atoms with E-state index in [1.165, 1.54) is 11.8 Å². The molecule has 0 bridgehead atoms. The van der Waals surface area contributed by atoms with Crippen LogP contribution in [-0.4, -0.2) is 56.2 Å². The number of aromatic amines is 1. The molecule has 9 heteroatoms. The van der Waals surface area contributed by atoms with E-state index in [4.69, 9.17) is 9.47 Å². The Bertz CT molecular complexity index is 797. The molecule has 5 atom stereocenters. The molecule has 29 heavy (non-hydrogen) atoms. The highest BCUT2D eigenvalue weighted by Crippen LogP contribution is 2.66. The second-order valence-corrected chi connectivity index (χ2v) is 11.2. The molecule has 1 aromatic heterocycles. The van der Waals surface area contributed by atoms with Gasteiger partial charge in [0, 0.05) is 11.2 Å². The molecule has 2 aliphatic carbocycles. The fourth-order valence-corrected chi connectivity index (χ4v) is 5.69. The minimum Gasteiger partial charge on any atom is -0.460 e.